The van der Waals surface area contributed by atoms with Crippen molar-refractivity contribution in [1.29, 1.82) is 0 Å². The summed E-state index contributed by atoms with van der Waals surface area (Å²) >= 11 is 0. The first-order valence-corrected chi connectivity index (χ1v) is 12.1. The summed E-state index contributed by atoms with van der Waals surface area (Å²) in [6.45, 7) is 3.02. The second-order valence-electron chi connectivity index (χ2n) is 9.21. The van der Waals surface area contributed by atoms with Crippen molar-refractivity contribution < 1.29 is 27.5 Å². The molecule has 196 valence electrons. The van der Waals surface area contributed by atoms with Crippen molar-refractivity contribution in [1.82, 2.24) is 19.6 Å². The SMILES string of the molecule is CCOc1ccc(-c2cc(C(F)(F)F)nn2-c2ccc3c4c(cccc24)C(=O)N(CCN(C)C)C3=O)cc1. The Labute approximate surface area is 217 Å². The number of alkyl halides is 3. The molecule has 38 heavy (non-hydrogen) atoms. The molecule has 2 heterocycles. The van der Waals surface area contributed by atoms with Gasteiger partial charge in [-0.15, -0.1) is 0 Å². The van der Waals surface area contributed by atoms with Crippen LogP contribution in [0.2, 0.25) is 0 Å². The number of benzene rings is 3. The van der Waals surface area contributed by atoms with E-state index in [0.29, 0.717) is 52.1 Å². The van der Waals surface area contributed by atoms with Crippen LogP contribution >= 0.6 is 0 Å². The van der Waals surface area contributed by atoms with E-state index in [0.717, 1.165) is 6.07 Å². The summed E-state index contributed by atoms with van der Waals surface area (Å²) < 4.78 is 48.0. The molecule has 7 nitrogen and oxygen atoms in total. The zero-order valence-electron chi connectivity index (χ0n) is 21.0. The number of ether oxygens (including phenoxy) is 1. The number of hydrogen-bond acceptors (Lipinski definition) is 5. The Morgan fingerprint density at radius 2 is 1.63 bits per heavy atom. The molecule has 0 N–H and O–H groups in total. The van der Waals surface area contributed by atoms with Gasteiger partial charge in [-0.2, -0.15) is 18.3 Å². The van der Waals surface area contributed by atoms with Crippen LogP contribution in [0, 0.1) is 0 Å². The highest BCUT2D eigenvalue weighted by Gasteiger charge is 2.37. The maximum absolute atomic E-state index is 13.8. The summed E-state index contributed by atoms with van der Waals surface area (Å²) in [6.07, 6.45) is -4.67. The number of carbonyl (C=O) groups is 2. The molecule has 10 heteroatoms. The van der Waals surface area contributed by atoms with Crippen LogP contribution in [0.1, 0.15) is 33.3 Å². The van der Waals surface area contributed by atoms with E-state index in [9.17, 15) is 22.8 Å². The first kappa shape index (κ1) is 25.5. The fourth-order valence-corrected chi connectivity index (χ4v) is 4.62. The molecule has 1 aliphatic rings. The highest BCUT2D eigenvalue weighted by atomic mass is 19.4. The number of likely N-dealkylation sites (N-methyl/N-ethyl adjacent to an activating group) is 1. The predicted octanol–water partition coefficient (Wildman–Crippen LogP) is 5.27. The number of rotatable bonds is 7. The van der Waals surface area contributed by atoms with E-state index in [-0.39, 0.29) is 12.2 Å². The Bertz CT molecular complexity index is 1520. The molecule has 0 fully saturated rings. The number of hydrogen-bond donors (Lipinski definition) is 0. The number of amides is 2. The summed E-state index contributed by atoms with van der Waals surface area (Å²) in [5, 5.41) is 4.78. The minimum Gasteiger partial charge on any atom is -0.494 e. The molecule has 0 saturated heterocycles. The summed E-state index contributed by atoms with van der Waals surface area (Å²) in [5.74, 6) is -0.277. The Hall–Kier alpha value is -4.18. The number of carbonyl (C=O) groups excluding carboxylic acids is 2. The number of aromatic nitrogens is 2. The summed E-state index contributed by atoms with van der Waals surface area (Å²) in [5.41, 5.74) is 0.629. The van der Waals surface area contributed by atoms with E-state index in [4.69, 9.17) is 4.74 Å². The van der Waals surface area contributed by atoms with Gasteiger partial charge in [-0.05, 0) is 69.6 Å². The van der Waals surface area contributed by atoms with Crippen LogP contribution in [-0.4, -0.2) is 65.2 Å². The number of nitrogens with zero attached hydrogens (tertiary/aromatic N) is 4. The Morgan fingerprint density at radius 3 is 2.26 bits per heavy atom. The molecular weight excluding hydrogens is 497 g/mol. The lowest BCUT2D eigenvalue weighted by molar-refractivity contribution is -0.141. The van der Waals surface area contributed by atoms with E-state index >= 15 is 0 Å². The molecule has 0 atom stereocenters. The summed E-state index contributed by atoms with van der Waals surface area (Å²) in [4.78, 5) is 29.7. The van der Waals surface area contributed by atoms with Crippen molar-refractivity contribution in [3.63, 3.8) is 0 Å². The second-order valence-corrected chi connectivity index (χ2v) is 9.21. The molecule has 1 aliphatic heterocycles. The van der Waals surface area contributed by atoms with Gasteiger partial charge in [0.1, 0.15) is 5.75 Å². The molecule has 0 radical (unpaired) electrons. The molecule has 0 aliphatic carbocycles. The van der Waals surface area contributed by atoms with Crippen LogP contribution in [0.25, 0.3) is 27.7 Å². The fraction of sp³-hybridized carbons (Fsp3) is 0.250. The second kappa shape index (κ2) is 9.60. The number of halogens is 3. The summed E-state index contributed by atoms with van der Waals surface area (Å²) in [7, 11) is 3.70. The lowest BCUT2D eigenvalue weighted by Gasteiger charge is -2.28. The third-order valence-electron chi connectivity index (χ3n) is 6.43. The van der Waals surface area contributed by atoms with Gasteiger partial charge in [0, 0.05) is 40.6 Å². The van der Waals surface area contributed by atoms with E-state index in [1.807, 2.05) is 25.9 Å². The molecule has 4 aromatic rings. The molecule has 3 aromatic carbocycles. The van der Waals surface area contributed by atoms with E-state index in [2.05, 4.69) is 5.10 Å². The maximum Gasteiger partial charge on any atom is 0.435 e. The first-order chi connectivity index (χ1) is 18.1. The van der Waals surface area contributed by atoms with Crippen molar-refractivity contribution in [3.8, 4) is 22.7 Å². The third-order valence-corrected chi connectivity index (χ3v) is 6.43. The Balaban J connectivity index is 1.68. The van der Waals surface area contributed by atoms with Gasteiger partial charge in [0.2, 0.25) is 0 Å². The highest BCUT2D eigenvalue weighted by Crippen LogP contribution is 2.38. The van der Waals surface area contributed by atoms with Crippen molar-refractivity contribution in [3.05, 3.63) is 77.5 Å². The zero-order valence-corrected chi connectivity index (χ0v) is 21.0. The molecule has 0 bridgehead atoms. The minimum absolute atomic E-state index is 0.210. The van der Waals surface area contributed by atoms with Gasteiger partial charge in [0.05, 0.1) is 18.0 Å². The van der Waals surface area contributed by atoms with Gasteiger partial charge in [-0.3, -0.25) is 14.5 Å². The first-order valence-electron chi connectivity index (χ1n) is 12.1. The van der Waals surface area contributed by atoms with E-state index in [1.54, 1.807) is 54.6 Å². The van der Waals surface area contributed by atoms with Crippen molar-refractivity contribution >= 4 is 22.6 Å². The van der Waals surface area contributed by atoms with Crippen LogP contribution < -0.4 is 4.74 Å². The average molecular weight is 523 g/mol. The van der Waals surface area contributed by atoms with Crippen LogP contribution in [0.5, 0.6) is 5.75 Å². The largest absolute Gasteiger partial charge is 0.494 e. The van der Waals surface area contributed by atoms with Crippen LogP contribution in [0.3, 0.4) is 0 Å². The van der Waals surface area contributed by atoms with Crippen LogP contribution in [0.15, 0.2) is 60.7 Å². The lowest BCUT2D eigenvalue weighted by atomic mass is 9.93. The highest BCUT2D eigenvalue weighted by molar-refractivity contribution is 6.26. The molecule has 0 saturated carbocycles. The fourth-order valence-electron chi connectivity index (χ4n) is 4.62. The van der Waals surface area contributed by atoms with E-state index < -0.39 is 23.7 Å². The summed E-state index contributed by atoms with van der Waals surface area (Å²) in [6, 6.07) is 15.8. The Kier molecular flexibility index (Phi) is 6.44. The van der Waals surface area contributed by atoms with Crippen molar-refractivity contribution in [2.45, 2.75) is 13.1 Å². The Morgan fingerprint density at radius 1 is 0.947 bits per heavy atom. The molecule has 1 aromatic heterocycles. The molecule has 2 amide bonds. The van der Waals surface area contributed by atoms with Gasteiger partial charge < -0.3 is 9.64 Å². The third kappa shape index (κ3) is 4.41. The predicted molar refractivity (Wildman–Crippen MR) is 137 cm³/mol. The van der Waals surface area contributed by atoms with Gasteiger partial charge in [-0.1, -0.05) is 12.1 Å². The number of imide groups is 1. The van der Waals surface area contributed by atoms with E-state index in [1.165, 1.54) is 9.58 Å². The average Bonchev–Trinajstić information content (AvgIpc) is 3.33. The van der Waals surface area contributed by atoms with Crippen LogP contribution in [0.4, 0.5) is 13.2 Å². The van der Waals surface area contributed by atoms with Crippen LogP contribution in [-0.2, 0) is 6.18 Å². The maximum atomic E-state index is 13.8. The van der Waals surface area contributed by atoms with Gasteiger partial charge in [-0.25, -0.2) is 4.68 Å². The van der Waals surface area contributed by atoms with Crippen molar-refractivity contribution in [2.24, 2.45) is 0 Å². The smallest absolute Gasteiger partial charge is 0.435 e. The van der Waals surface area contributed by atoms with Gasteiger partial charge in [0.25, 0.3) is 11.8 Å². The molecule has 5 rings (SSSR count). The monoisotopic (exact) mass is 522 g/mol. The molecule has 0 spiro atoms. The minimum atomic E-state index is -4.67. The zero-order chi connectivity index (χ0) is 27.2. The van der Waals surface area contributed by atoms with Crippen molar-refractivity contribution in [2.75, 3.05) is 33.8 Å². The van der Waals surface area contributed by atoms with Gasteiger partial charge in [0.15, 0.2) is 5.69 Å². The van der Waals surface area contributed by atoms with Gasteiger partial charge >= 0.3 is 6.18 Å². The quantitative estimate of drug-likeness (QED) is 0.310. The topological polar surface area (TPSA) is 67.7 Å². The lowest BCUT2D eigenvalue weighted by Crippen LogP contribution is -2.43. The molecule has 0 unspecified atom stereocenters. The normalized spacial score (nSPS) is 13.6. The standard InChI is InChI=1S/C28H25F3N4O3/c1-4-38-18-10-8-17(9-11-18)23-16-24(28(29,30)31)32-35(23)22-13-12-21-25-19(22)6-5-7-20(25)26(36)34(27(21)37)15-14-33(2)3/h5-13,16H,4,14-15H2,1-3H3. The molecular formula is C28H25F3N4O3.